The molecular weight excluding hydrogens is 456 g/mol. The van der Waals surface area contributed by atoms with Gasteiger partial charge in [-0.25, -0.2) is 9.59 Å². The maximum absolute atomic E-state index is 12.8. The number of aliphatic carboxylic acids is 1. The van der Waals surface area contributed by atoms with Gasteiger partial charge in [0.05, 0.1) is 6.10 Å². The van der Waals surface area contributed by atoms with Crippen LogP contribution in [0.1, 0.15) is 30.4 Å². The van der Waals surface area contributed by atoms with Gasteiger partial charge in [0.25, 0.3) is 0 Å². The van der Waals surface area contributed by atoms with Crippen LogP contribution in [-0.2, 0) is 19.1 Å². The van der Waals surface area contributed by atoms with Gasteiger partial charge in [-0.15, -0.1) is 0 Å². The van der Waals surface area contributed by atoms with Crippen LogP contribution in [0.15, 0.2) is 48.5 Å². The summed E-state index contributed by atoms with van der Waals surface area (Å²) in [5.74, 6) is -1.32. The fraction of sp³-hybridized carbons (Fsp3) is 0.400. The lowest BCUT2D eigenvalue weighted by molar-refractivity contribution is -0.142. The molecule has 0 spiro atoms. The van der Waals surface area contributed by atoms with Crippen molar-refractivity contribution in [2.75, 3.05) is 25.7 Å². The van der Waals surface area contributed by atoms with Gasteiger partial charge in [0, 0.05) is 13.0 Å². The van der Waals surface area contributed by atoms with Crippen molar-refractivity contribution in [1.82, 2.24) is 10.6 Å². The third-order valence-corrected chi connectivity index (χ3v) is 6.61. The van der Waals surface area contributed by atoms with Crippen LogP contribution >= 0.6 is 11.8 Å². The predicted molar refractivity (Wildman–Crippen MR) is 131 cm³/mol. The van der Waals surface area contributed by atoms with E-state index in [0.717, 1.165) is 22.3 Å². The second kappa shape index (κ2) is 11.9. The number of carboxylic acids is 1. The summed E-state index contributed by atoms with van der Waals surface area (Å²) in [5.41, 5.74) is 4.38. The second-order valence-corrected chi connectivity index (χ2v) is 9.05. The number of hydrogen-bond donors (Lipinski definition) is 3. The van der Waals surface area contributed by atoms with E-state index in [2.05, 4.69) is 10.6 Å². The van der Waals surface area contributed by atoms with Crippen LogP contribution in [0.4, 0.5) is 4.79 Å². The van der Waals surface area contributed by atoms with E-state index in [4.69, 9.17) is 9.47 Å². The van der Waals surface area contributed by atoms with Gasteiger partial charge in [-0.2, -0.15) is 11.8 Å². The maximum atomic E-state index is 12.8. The second-order valence-electron chi connectivity index (χ2n) is 8.07. The number of nitrogens with one attached hydrogen (secondary N) is 2. The van der Waals surface area contributed by atoms with E-state index in [0.29, 0.717) is 5.75 Å². The number of methoxy groups -OCH3 is 1. The van der Waals surface area contributed by atoms with E-state index < -0.39 is 36.2 Å². The topological polar surface area (TPSA) is 114 Å². The zero-order valence-corrected chi connectivity index (χ0v) is 20.3. The number of carboxylic acid groups (broad SMARTS) is 1. The SMILES string of the molecule is COC(C)C(NC(=O)OCC1c2ccccc2-c2ccccc21)C(=O)N[C@H](CCSC)C(=O)O. The highest BCUT2D eigenvalue weighted by Crippen LogP contribution is 2.44. The third-order valence-electron chi connectivity index (χ3n) is 5.97. The number of carbonyl (C=O) groups excluding carboxylic acids is 2. The molecule has 9 heteroatoms. The monoisotopic (exact) mass is 486 g/mol. The first-order chi connectivity index (χ1) is 16.4. The lowest BCUT2D eigenvalue weighted by Crippen LogP contribution is -2.56. The number of amides is 2. The molecule has 0 saturated carbocycles. The van der Waals surface area contributed by atoms with Crippen LogP contribution in [-0.4, -0.2) is 67.0 Å². The molecular formula is C25H30N2O6S. The maximum Gasteiger partial charge on any atom is 0.407 e. The zero-order valence-electron chi connectivity index (χ0n) is 19.4. The summed E-state index contributed by atoms with van der Waals surface area (Å²) < 4.78 is 10.8. The number of benzene rings is 2. The van der Waals surface area contributed by atoms with Gasteiger partial charge in [-0.05, 0) is 47.6 Å². The summed E-state index contributed by atoms with van der Waals surface area (Å²) in [4.78, 5) is 37.0. The number of thioether (sulfide) groups is 1. The van der Waals surface area contributed by atoms with Crippen molar-refractivity contribution in [3.8, 4) is 11.1 Å². The molecule has 8 nitrogen and oxygen atoms in total. The molecule has 3 N–H and O–H groups in total. The number of rotatable bonds is 11. The van der Waals surface area contributed by atoms with Crippen molar-refractivity contribution in [1.29, 1.82) is 0 Å². The summed E-state index contributed by atoms with van der Waals surface area (Å²) >= 11 is 1.48. The average molecular weight is 487 g/mol. The van der Waals surface area contributed by atoms with Crippen LogP contribution < -0.4 is 10.6 Å². The summed E-state index contributed by atoms with van der Waals surface area (Å²) in [6.07, 6.45) is 0.647. The minimum atomic E-state index is -1.13. The number of ether oxygens (including phenoxy) is 2. The molecule has 1 aliphatic rings. The van der Waals surface area contributed by atoms with Gasteiger partial charge in [0.15, 0.2) is 0 Å². The van der Waals surface area contributed by atoms with Crippen LogP contribution in [0.5, 0.6) is 0 Å². The molecule has 2 unspecified atom stereocenters. The molecule has 0 fully saturated rings. The third kappa shape index (κ3) is 5.90. The number of alkyl carbamates (subject to hydrolysis) is 1. The normalized spacial score (nSPS) is 14.9. The van der Waals surface area contributed by atoms with Crippen molar-refractivity contribution in [3.63, 3.8) is 0 Å². The molecule has 0 heterocycles. The average Bonchev–Trinajstić information content (AvgIpc) is 3.16. The minimum Gasteiger partial charge on any atom is -0.480 e. The fourth-order valence-electron chi connectivity index (χ4n) is 4.05. The molecule has 3 rings (SSSR count). The Morgan fingerprint density at radius 2 is 1.62 bits per heavy atom. The Hall–Kier alpha value is -3.04. The van der Waals surface area contributed by atoms with Crippen LogP contribution in [0.2, 0.25) is 0 Å². The van der Waals surface area contributed by atoms with E-state index in [1.165, 1.54) is 18.9 Å². The Kier molecular flexibility index (Phi) is 8.95. The fourth-order valence-corrected chi connectivity index (χ4v) is 4.53. The number of hydrogen-bond acceptors (Lipinski definition) is 6. The van der Waals surface area contributed by atoms with Crippen molar-refractivity contribution >= 4 is 29.7 Å². The first kappa shape index (κ1) is 25.6. The molecule has 0 radical (unpaired) electrons. The highest BCUT2D eigenvalue weighted by molar-refractivity contribution is 7.98. The quantitative estimate of drug-likeness (QED) is 0.447. The Morgan fingerprint density at radius 3 is 2.15 bits per heavy atom. The summed E-state index contributed by atoms with van der Waals surface area (Å²) in [7, 11) is 1.41. The molecule has 34 heavy (non-hydrogen) atoms. The van der Waals surface area contributed by atoms with E-state index in [-0.39, 0.29) is 18.9 Å². The largest absolute Gasteiger partial charge is 0.480 e. The predicted octanol–water partition coefficient (Wildman–Crippen LogP) is 3.25. The number of fused-ring (bicyclic) bond motifs is 3. The van der Waals surface area contributed by atoms with Crippen molar-refractivity contribution in [2.45, 2.75) is 37.5 Å². The Bertz CT molecular complexity index is 984. The molecule has 2 aromatic rings. The molecule has 0 aliphatic heterocycles. The van der Waals surface area contributed by atoms with Crippen molar-refractivity contribution in [2.24, 2.45) is 0 Å². The molecule has 2 amide bonds. The van der Waals surface area contributed by atoms with Crippen molar-refractivity contribution < 1.29 is 29.0 Å². The molecule has 2 aromatic carbocycles. The van der Waals surface area contributed by atoms with Crippen molar-refractivity contribution in [3.05, 3.63) is 59.7 Å². The standard InChI is InChI=1S/C25H30N2O6S/c1-15(32-2)22(23(28)26-21(24(29)30)12-13-34-3)27-25(31)33-14-20-18-10-6-4-8-16(18)17-9-5-7-11-19(17)20/h4-11,15,20-22H,12-14H2,1-3H3,(H,26,28)(H,27,31)(H,29,30)/t15?,21-,22?/m1/s1. The smallest absolute Gasteiger partial charge is 0.407 e. The summed E-state index contributed by atoms with van der Waals surface area (Å²) in [6, 6.07) is 13.8. The molecule has 0 saturated heterocycles. The molecule has 0 bridgehead atoms. The minimum absolute atomic E-state index is 0.0983. The molecule has 0 aromatic heterocycles. The van der Waals surface area contributed by atoms with Gasteiger partial charge in [-0.1, -0.05) is 48.5 Å². The first-order valence-electron chi connectivity index (χ1n) is 11.0. The van der Waals surface area contributed by atoms with Gasteiger partial charge in [0.2, 0.25) is 5.91 Å². The highest BCUT2D eigenvalue weighted by atomic mass is 32.2. The van der Waals surface area contributed by atoms with E-state index in [1.807, 2.05) is 54.8 Å². The summed E-state index contributed by atoms with van der Waals surface area (Å²) in [6.45, 7) is 1.71. The van der Waals surface area contributed by atoms with Crippen LogP contribution in [0.25, 0.3) is 11.1 Å². The Balaban J connectivity index is 1.66. The van der Waals surface area contributed by atoms with Crippen LogP contribution in [0, 0.1) is 0 Å². The molecule has 3 atom stereocenters. The highest BCUT2D eigenvalue weighted by Gasteiger charge is 2.32. The van der Waals surface area contributed by atoms with Gasteiger partial charge >= 0.3 is 12.1 Å². The van der Waals surface area contributed by atoms with Gasteiger partial charge < -0.3 is 25.2 Å². The van der Waals surface area contributed by atoms with E-state index in [9.17, 15) is 19.5 Å². The lowest BCUT2D eigenvalue weighted by Gasteiger charge is -2.25. The lowest BCUT2D eigenvalue weighted by atomic mass is 9.98. The molecule has 182 valence electrons. The van der Waals surface area contributed by atoms with Crippen LogP contribution in [0.3, 0.4) is 0 Å². The Labute approximate surface area is 203 Å². The number of carbonyl (C=O) groups is 3. The molecule has 1 aliphatic carbocycles. The Morgan fingerprint density at radius 1 is 1.03 bits per heavy atom. The van der Waals surface area contributed by atoms with E-state index >= 15 is 0 Å². The first-order valence-corrected chi connectivity index (χ1v) is 12.4. The van der Waals surface area contributed by atoms with Gasteiger partial charge in [-0.3, -0.25) is 4.79 Å². The van der Waals surface area contributed by atoms with E-state index in [1.54, 1.807) is 6.92 Å². The summed E-state index contributed by atoms with van der Waals surface area (Å²) in [5, 5.41) is 14.4. The zero-order chi connectivity index (χ0) is 24.7. The van der Waals surface area contributed by atoms with Gasteiger partial charge in [0.1, 0.15) is 18.7 Å².